The maximum Gasteiger partial charge on any atom is 0.220 e. The number of aryl methyl sites for hydroxylation is 1. The first kappa shape index (κ1) is 16.7. The Morgan fingerprint density at radius 2 is 2.04 bits per heavy atom. The first-order chi connectivity index (χ1) is 12.7. The number of rotatable bonds is 6. The number of amides is 1. The van der Waals surface area contributed by atoms with Crippen LogP contribution < -0.4 is 5.32 Å². The van der Waals surface area contributed by atoms with E-state index >= 15 is 0 Å². The highest BCUT2D eigenvalue weighted by atomic mass is 32.1. The zero-order valence-corrected chi connectivity index (χ0v) is 15.2. The van der Waals surface area contributed by atoms with Crippen LogP contribution in [0.1, 0.15) is 36.6 Å². The van der Waals surface area contributed by atoms with Crippen LogP contribution in [0, 0.1) is 0 Å². The lowest BCUT2D eigenvalue weighted by molar-refractivity contribution is -0.121. The topological polar surface area (TPSA) is 72.2 Å². The maximum atomic E-state index is 12.3. The molecule has 3 aromatic heterocycles. The molecule has 0 aliphatic carbocycles. The molecule has 7 heteroatoms. The van der Waals surface area contributed by atoms with Gasteiger partial charge in [-0.3, -0.25) is 9.20 Å². The molecule has 0 spiro atoms. The zero-order valence-electron chi connectivity index (χ0n) is 14.4. The second-order valence-electron chi connectivity index (χ2n) is 6.21. The average Bonchev–Trinajstić information content (AvgIpc) is 3.25. The smallest absolute Gasteiger partial charge is 0.220 e. The largest absolute Gasteiger partial charge is 0.346 e. The van der Waals surface area contributed by atoms with Crippen molar-refractivity contribution in [3.8, 4) is 0 Å². The molecule has 1 atom stereocenters. The SMILES string of the molecule is CC(NC(=O)CCCc1nc2ccccc2s1)c1nnc2ccccn12. The Balaban J connectivity index is 1.32. The molecule has 1 unspecified atom stereocenters. The lowest BCUT2D eigenvalue weighted by Crippen LogP contribution is -2.27. The van der Waals surface area contributed by atoms with E-state index in [1.807, 2.05) is 53.9 Å². The number of hydrogen-bond donors (Lipinski definition) is 1. The van der Waals surface area contributed by atoms with Gasteiger partial charge in [0.05, 0.1) is 21.3 Å². The molecule has 0 radical (unpaired) electrons. The molecule has 132 valence electrons. The summed E-state index contributed by atoms with van der Waals surface area (Å²) in [6.07, 6.45) is 3.96. The second-order valence-corrected chi connectivity index (χ2v) is 7.32. The van der Waals surface area contributed by atoms with Crippen LogP contribution in [0.2, 0.25) is 0 Å². The molecule has 1 N–H and O–H groups in total. The van der Waals surface area contributed by atoms with Crippen LogP contribution in [0.4, 0.5) is 0 Å². The summed E-state index contributed by atoms with van der Waals surface area (Å²) in [5.41, 5.74) is 1.81. The van der Waals surface area contributed by atoms with Gasteiger partial charge in [-0.1, -0.05) is 18.2 Å². The fraction of sp³-hybridized carbons (Fsp3) is 0.263. The number of nitrogens with zero attached hydrogens (tertiary/aromatic N) is 4. The fourth-order valence-electron chi connectivity index (χ4n) is 2.96. The molecule has 3 heterocycles. The van der Waals surface area contributed by atoms with Crippen molar-refractivity contribution in [2.75, 3.05) is 0 Å². The quantitative estimate of drug-likeness (QED) is 0.567. The molecule has 4 rings (SSSR count). The molecule has 0 aliphatic rings. The van der Waals surface area contributed by atoms with Gasteiger partial charge in [-0.05, 0) is 44.0 Å². The van der Waals surface area contributed by atoms with E-state index in [1.54, 1.807) is 11.3 Å². The highest BCUT2D eigenvalue weighted by Gasteiger charge is 2.15. The van der Waals surface area contributed by atoms with Gasteiger partial charge in [0.1, 0.15) is 0 Å². The molecule has 26 heavy (non-hydrogen) atoms. The Hall–Kier alpha value is -2.80. The molecule has 1 amide bonds. The maximum absolute atomic E-state index is 12.3. The monoisotopic (exact) mass is 365 g/mol. The number of carbonyl (C=O) groups excluding carboxylic acids is 1. The Bertz CT molecular complexity index is 1020. The van der Waals surface area contributed by atoms with Gasteiger partial charge in [-0.15, -0.1) is 21.5 Å². The van der Waals surface area contributed by atoms with Crippen LogP contribution in [-0.2, 0) is 11.2 Å². The molecule has 0 saturated carbocycles. The summed E-state index contributed by atoms with van der Waals surface area (Å²) >= 11 is 1.70. The number of carbonyl (C=O) groups is 1. The molecule has 0 fully saturated rings. The van der Waals surface area contributed by atoms with E-state index in [2.05, 4.69) is 26.6 Å². The molecular weight excluding hydrogens is 346 g/mol. The molecular formula is C19H19N5OS. The van der Waals surface area contributed by atoms with Crippen molar-refractivity contribution in [2.24, 2.45) is 0 Å². The van der Waals surface area contributed by atoms with Crippen LogP contribution in [-0.4, -0.2) is 25.5 Å². The summed E-state index contributed by atoms with van der Waals surface area (Å²) in [4.78, 5) is 16.9. The van der Waals surface area contributed by atoms with Crippen molar-refractivity contribution < 1.29 is 4.79 Å². The van der Waals surface area contributed by atoms with Crippen molar-refractivity contribution in [1.82, 2.24) is 24.9 Å². The van der Waals surface area contributed by atoms with Crippen molar-refractivity contribution in [1.29, 1.82) is 0 Å². The van der Waals surface area contributed by atoms with Crippen LogP contribution in [0.3, 0.4) is 0 Å². The predicted octanol–water partition coefficient (Wildman–Crippen LogP) is 3.54. The minimum atomic E-state index is -0.192. The second kappa shape index (κ2) is 7.21. The molecule has 4 aromatic rings. The van der Waals surface area contributed by atoms with E-state index in [4.69, 9.17) is 0 Å². The lowest BCUT2D eigenvalue weighted by atomic mass is 10.2. The van der Waals surface area contributed by atoms with Gasteiger partial charge in [0, 0.05) is 12.6 Å². The summed E-state index contributed by atoms with van der Waals surface area (Å²) in [7, 11) is 0. The number of fused-ring (bicyclic) bond motifs is 2. The standard InChI is InChI=1S/C19H19N5OS/c1-13(19-23-22-16-9-4-5-12-24(16)19)20-17(25)10-6-11-18-21-14-7-2-3-8-15(14)26-18/h2-5,7-9,12-13H,6,10-11H2,1H3,(H,20,25). The zero-order chi connectivity index (χ0) is 17.9. The van der Waals surface area contributed by atoms with Crippen LogP contribution >= 0.6 is 11.3 Å². The van der Waals surface area contributed by atoms with Crippen LogP contribution in [0.5, 0.6) is 0 Å². The van der Waals surface area contributed by atoms with Gasteiger partial charge in [-0.25, -0.2) is 4.98 Å². The summed E-state index contributed by atoms with van der Waals surface area (Å²) in [6.45, 7) is 1.93. The van der Waals surface area contributed by atoms with Gasteiger partial charge in [0.25, 0.3) is 0 Å². The third kappa shape index (κ3) is 3.43. The Kier molecular flexibility index (Phi) is 4.62. The summed E-state index contributed by atoms with van der Waals surface area (Å²) in [6, 6.07) is 13.7. The number of aromatic nitrogens is 4. The van der Waals surface area contributed by atoms with E-state index in [1.165, 1.54) is 4.70 Å². The summed E-state index contributed by atoms with van der Waals surface area (Å²) in [5, 5.41) is 12.4. The Morgan fingerprint density at radius 1 is 1.19 bits per heavy atom. The Morgan fingerprint density at radius 3 is 2.92 bits per heavy atom. The first-order valence-corrected chi connectivity index (χ1v) is 9.46. The van der Waals surface area contributed by atoms with E-state index in [-0.39, 0.29) is 11.9 Å². The predicted molar refractivity (Wildman–Crippen MR) is 102 cm³/mol. The van der Waals surface area contributed by atoms with Gasteiger partial charge in [0.15, 0.2) is 11.5 Å². The van der Waals surface area contributed by atoms with Gasteiger partial charge in [-0.2, -0.15) is 0 Å². The van der Waals surface area contributed by atoms with Crippen molar-refractivity contribution in [3.63, 3.8) is 0 Å². The van der Waals surface area contributed by atoms with Gasteiger partial charge >= 0.3 is 0 Å². The lowest BCUT2D eigenvalue weighted by Gasteiger charge is -2.12. The van der Waals surface area contributed by atoms with E-state index < -0.39 is 0 Å². The van der Waals surface area contributed by atoms with Gasteiger partial charge in [0.2, 0.25) is 5.91 Å². The first-order valence-electron chi connectivity index (χ1n) is 8.64. The molecule has 0 bridgehead atoms. The number of pyridine rings is 1. The van der Waals surface area contributed by atoms with Gasteiger partial charge < -0.3 is 5.32 Å². The Labute approximate surface area is 154 Å². The van der Waals surface area contributed by atoms with Crippen molar-refractivity contribution >= 4 is 33.1 Å². The third-order valence-corrected chi connectivity index (χ3v) is 5.33. The number of nitrogens with one attached hydrogen (secondary N) is 1. The van der Waals surface area contributed by atoms with Crippen molar-refractivity contribution in [2.45, 2.75) is 32.2 Å². The number of hydrogen-bond acceptors (Lipinski definition) is 5. The van der Waals surface area contributed by atoms with E-state index in [0.717, 1.165) is 34.8 Å². The van der Waals surface area contributed by atoms with E-state index in [9.17, 15) is 4.79 Å². The summed E-state index contributed by atoms with van der Waals surface area (Å²) < 4.78 is 3.09. The van der Waals surface area contributed by atoms with E-state index in [0.29, 0.717) is 6.42 Å². The molecule has 0 saturated heterocycles. The van der Waals surface area contributed by atoms with Crippen molar-refractivity contribution in [3.05, 3.63) is 59.5 Å². The normalized spacial score (nSPS) is 12.5. The third-order valence-electron chi connectivity index (χ3n) is 4.24. The minimum Gasteiger partial charge on any atom is -0.346 e. The average molecular weight is 365 g/mol. The molecule has 6 nitrogen and oxygen atoms in total. The number of para-hydroxylation sites is 1. The highest BCUT2D eigenvalue weighted by molar-refractivity contribution is 7.18. The highest BCUT2D eigenvalue weighted by Crippen LogP contribution is 2.22. The number of thiazole rings is 1. The fourth-order valence-corrected chi connectivity index (χ4v) is 3.97. The minimum absolute atomic E-state index is 0.0197. The molecule has 1 aromatic carbocycles. The number of benzene rings is 1. The van der Waals surface area contributed by atoms with Crippen LogP contribution in [0.25, 0.3) is 15.9 Å². The molecule has 0 aliphatic heterocycles. The van der Waals surface area contributed by atoms with Crippen LogP contribution in [0.15, 0.2) is 48.7 Å². The summed E-state index contributed by atoms with van der Waals surface area (Å²) in [5.74, 6) is 0.756.